The molecule has 2 rings (SSSR count). The molecule has 0 heterocycles. The smallest absolute Gasteiger partial charge is 0.258 e. The molecule has 0 atom stereocenters. The summed E-state index contributed by atoms with van der Waals surface area (Å²) >= 11 is 0. The van der Waals surface area contributed by atoms with Crippen LogP contribution in [0.3, 0.4) is 0 Å². The Bertz CT molecular complexity index is 764. The standard InChI is InChI=1S/C22H28N2O4/c1-15-7-5-9-19(17(15)3)27-13-21(25)23-11-12-24-22(26)14-28-20-10-6-8-16(2)18(20)4/h5-10H,11-14H2,1-4H3,(H,23,25)(H,24,26). The van der Waals surface area contributed by atoms with Crippen molar-refractivity contribution in [2.75, 3.05) is 26.3 Å². The van der Waals surface area contributed by atoms with E-state index in [0.29, 0.717) is 24.6 Å². The molecule has 2 amide bonds. The van der Waals surface area contributed by atoms with Gasteiger partial charge in [-0.3, -0.25) is 9.59 Å². The maximum absolute atomic E-state index is 11.9. The number of benzene rings is 2. The normalized spacial score (nSPS) is 10.3. The molecule has 2 N–H and O–H groups in total. The molecule has 0 aliphatic carbocycles. The second kappa shape index (κ2) is 10.3. The predicted molar refractivity (Wildman–Crippen MR) is 109 cm³/mol. The van der Waals surface area contributed by atoms with Gasteiger partial charge in [0, 0.05) is 13.1 Å². The van der Waals surface area contributed by atoms with Gasteiger partial charge >= 0.3 is 0 Å². The third-order valence-corrected chi connectivity index (χ3v) is 4.60. The van der Waals surface area contributed by atoms with Crippen LogP contribution in [0.2, 0.25) is 0 Å². The van der Waals surface area contributed by atoms with Crippen molar-refractivity contribution in [3.05, 3.63) is 58.7 Å². The van der Waals surface area contributed by atoms with Crippen LogP contribution in [0.15, 0.2) is 36.4 Å². The quantitative estimate of drug-likeness (QED) is 0.652. The van der Waals surface area contributed by atoms with E-state index in [-0.39, 0.29) is 25.0 Å². The summed E-state index contributed by atoms with van der Waals surface area (Å²) < 4.78 is 11.1. The van der Waals surface area contributed by atoms with Crippen molar-refractivity contribution in [1.82, 2.24) is 10.6 Å². The lowest BCUT2D eigenvalue weighted by atomic mass is 10.1. The number of rotatable bonds is 9. The first-order valence-electron chi connectivity index (χ1n) is 9.30. The van der Waals surface area contributed by atoms with Crippen molar-refractivity contribution in [3.8, 4) is 11.5 Å². The summed E-state index contributed by atoms with van der Waals surface area (Å²) in [4.78, 5) is 23.7. The van der Waals surface area contributed by atoms with Gasteiger partial charge in [0.2, 0.25) is 0 Å². The van der Waals surface area contributed by atoms with Crippen LogP contribution >= 0.6 is 0 Å². The van der Waals surface area contributed by atoms with Crippen molar-refractivity contribution in [1.29, 1.82) is 0 Å². The highest BCUT2D eigenvalue weighted by atomic mass is 16.5. The van der Waals surface area contributed by atoms with Gasteiger partial charge in [-0.25, -0.2) is 0 Å². The van der Waals surface area contributed by atoms with Crippen LogP contribution in [0.25, 0.3) is 0 Å². The monoisotopic (exact) mass is 384 g/mol. The Morgan fingerprint density at radius 3 is 1.50 bits per heavy atom. The fourth-order valence-electron chi connectivity index (χ4n) is 2.55. The largest absolute Gasteiger partial charge is 0.483 e. The molecule has 0 fully saturated rings. The zero-order valence-corrected chi connectivity index (χ0v) is 16.9. The average Bonchev–Trinajstić information content (AvgIpc) is 2.67. The Labute approximate surface area is 166 Å². The van der Waals surface area contributed by atoms with Crippen molar-refractivity contribution in [2.24, 2.45) is 0 Å². The third kappa shape index (κ3) is 6.30. The molecule has 2 aromatic rings. The summed E-state index contributed by atoms with van der Waals surface area (Å²) in [6, 6.07) is 11.5. The highest BCUT2D eigenvalue weighted by Crippen LogP contribution is 2.21. The lowest BCUT2D eigenvalue weighted by molar-refractivity contribution is -0.124. The van der Waals surface area contributed by atoms with Gasteiger partial charge in [0.25, 0.3) is 11.8 Å². The third-order valence-electron chi connectivity index (χ3n) is 4.60. The van der Waals surface area contributed by atoms with E-state index in [4.69, 9.17) is 9.47 Å². The molecule has 0 aromatic heterocycles. The minimum Gasteiger partial charge on any atom is -0.483 e. The molecule has 6 heteroatoms. The SMILES string of the molecule is Cc1cccc(OCC(=O)NCCNC(=O)COc2cccc(C)c2C)c1C. The molecule has 150 valence electrons. The molecular formula is C22H28N2O4. The summed E-state index contributed by atoms with van der Waals surface area (Å²) in [5, 5.41) is 5.43. The molecule has 28 heavy (non-hydrogen) atoms. The van der Waals surface area contributed by atoms with Crippen LogP contribution in [0, 0.1) is 27.7 Å². The lowest BCUT2D eigenvalue weighted by Gasteiger charge is -2.12. The summed E-state index contributed by atoms with van der Waals surface area (Å²) in [5.41, 5.74) is 4.27. The Kier molecular flexibility index (Phi) is 7.87. The molecule has 0 unspecified atom stereocenters. The van der Waals surface area contributed by atoms with Gasteiger partial charge in [0.05, 0.1) is 0 Å². The maximum atomic E-state index is 11.9. The molecule has 6 nitrogen and oxygen atoms in total. The van der Waals surface area contributed by atoms with Gasteiger partial charge in [-0.1, -0.05) is 24.3 Å². The number of nitrogens with one attached hydrogen (secondary N) is 2. The van der Waals surface area contributed by atoms with Crippen LogP contribution in [-0.2, 0) is 9.59 Å². The minimum absolute atomic E-state index is 0.0615. The summed E-state index contributed by atoms with van der Waals surface area (Å²) in [6.07, 6.45) is 0. The zero-order chi connectivity index (χ0) is 20.5. The van der Waals surface area contributed by atoms with E-state index in [1.807, 2.05) is 64.1 Å². The Morgan fingerprint density at radius 2 is 1.11 bits per heavy atom. The maximum Gasteiger partial charge on any atom is 0.258 e. The van der Waals surface area contributed by atoms with E-state index < -0.39 is 0 Å². The second-order valence-corrected chi connectivity index (χ2v) is 6.67. The summed E-state index contributed by atoms with van der Waals surface area (Å²) in [6.45, 7) is 8.43. The first-order chi connectivity index (χ1) is 13.4. The van der Waals surface area contributed by atoms with Gasteiger partial charge in [-0.2, -0.15) is 0 Å². The van der Waals surface area contributed by atoms with Crippen LogP contribution < -0.4 is 20.1 Å². The topological polar surface area (TPSA) is 76.7 Å². The molecule has 2 aromatic carbocycles. The average molecular weight is 384 g/mol. The Hall–Kier alpha value is -3.02. The summed E-state index contributed by atoms with van der Waals surface area (Å²) in [7, 11) is 0. The van der Waals surface area contributed by atoms with E-state index in [9.17, 15) is 9.59 Å². The van der Waals surface area contributed by atoms with Crippen molar-refractivity contribution in [3.63, 3.8) is 0 Å². The van der Waals surface area contributed by atoms with Gasteiger partial charge in [-0.15, -0.1) is 0 Å². The van der Waals surface area contributed by atoms with Gasteiger partial charge in [0.15, 0.2) is 13.2 Å². The molecule has 0 saturated carbocycles. The fourth-order valence-corrected chi connectivity index (χ4v) is 2.55. The number of aryl methyl sites for hydroxylation is 2. The molecule has 0 spiro atoms. The van der Waals surface area contributed by atoms with Gasteiger partial charge in [-0.05, 0) is 62.1 Å². The molecule has 0 radical (unpaired) electrons. The number of hydrogen-bond acceptors (Lipinski definition) is 4. The molecule has 0 saturated heterocycles. The minimum atomic E-state index is -0.234. The number of hydrogen-bond donors (Lipinski definition) is 2. The predicted octanol–water partition coefficient (Wildman–Crippen LogP) is 2.61. The zero-order valence-electron chi connectivity index (χ0n) is 16.9. The first-order valence-corrected chi connectivity index (χ1v) is 9.30. The van der Waals surface area contributed by atoms with E-state index in [1.165, 1.54) is 0 Å². The van der Waals surface area contributed by atoms with Crippen LogP contribution in [0.4, 0.5) is 0 Å². The van der Waals surface area contributed by atoms with Crippen molar-refractivity contribution < 1.29 is 19.1 Å². The van der Waals surface area contributed by atoms with Gasteiger partial charge in [0.1, 0.15) is 11.5 Å². The van der Waals surface area contributed by atoms with E-state index in [1.54, 1.807) is 0 Å². The highest BCUT2D eigenvalue weighted by molar-refractivity contribution is 5.78. The fraction of sp³-hybridized carbons (Fsp3) is 0.364. The Balaban J connectivity index is 1.62. The van der Waals surface area contributed by atoms with Crippen molar-refractivity contribution >= 4 is 11.8 Å². The first kappa shape index (κ1) is 21.3. The van der Waals surface area contributed by atoms with E-state index >= 15 is 0 Å². The number of carbonyl (C=O) groups is 2. The summed E-state index contributed by atoms with van der Waals surface area (Å²) in [5.74, 6) is 0.933. The number of carbonyl (C=O) groups excluding carboxylic acids is 2. The number of ether oxygens (including phenoxy) is 2. The molecule has 0 aliphatic rings. The lowest BCUT2D eigenvalue weighted by Crippen LogP contribution is -2.38. The number of amides is 2. The second-order valence-electron chi connectivity index (χ2n) is 6.67. The Morgan fingerprint density at radius 1 is 0.714 bits per heavy atom. The molecule has 0 bridgehead atoms. The molecular weight excluding hydrogens is 356 g/mol. The highest BCUT2D eigenvalue weighted by Gasteiger charge is 2.08. The van der Waals surface area contributed by atoms with Crippen LogP contribution in [-0.4, -0.2) is 38.1 Å². The molecule has 0 aliphatic heterocycles. The van der Waals surface area contributed by atoms with Crippen molar-refractivity contribution in [2.45, 2.75) is 27.7 Å². The van der Waals surface area contributed by atoms with Gasteiger partial charge < -0.3 is 20.1 Å². The van der Waals surface area contributed by atoms with E-state index in [2.05, 4.69) is 10.6 Å². The van der Waals surface area contributed by atoms with E-state index in [0.717, 1.165) is 22.3 Å². The van der Waals surface area contributed by atoms with Crippen LogP contribution in [0.5, 0.6) is 11.5 Å². The van der Waals surface area contributed by atoms with Crippen LogP contribution in [0.1, 0.15) is 22.3 Å².